The average molecular weight is 576 g/mol. The Labute approximate surface area is 226 Å². The molecule has 4 rings (SSSR count). The number of fused-ring (bicyclic) bond motifs is 1. The Morgan fingerprint density at radius 3 is 2.18 bits per heavy atom. The molecule has 0 fully saturated rings. The zero-order valence-electron chi connectivity index (χ0n) is 21.3. The number of carbonyl (C=O) groups excluding carboxylic acids is 1. The van der Waals surface area contributed by atoms with E-state index in [1.54, 1.807) is 24.3 Å². The number of benzene rings is 2. The van der Waals surface area contributed by atoms with Crippen molar-refractivity contribution in [2.45, 2.75) is 43.0 Å². The summed E-state index contributed by atoms with van der Waals surface area (Å²) in [7, 11) is -7.09. The van der Waals surface area contributed by atoms with Gasteiger partial charge in [0.1, 0.15) is 5.76 Å². The van der Waals surface area contributed by atoms with E-state index in [4.69, 9.17) is 4.42 Å². The predicted octanol–water partition coefficient (Wildman–Crippen LogP) is 4.95. The van der Waals surface area contributed by atoms with Crippen LogP contribution in [-0.2, 0) is 26.4 Å². The van der Waals surface area contributed by atoms with Gasteiger partial charge in [-0.15, -0.1) is 0 Å². The molecule has 0 aliphatic rings. The van der Waals surface area contributed by atoms with Crippen molar-refractivity contribution in [1.82, 2.24) is 9.29 Å². The number of sulfonamides is 1. The monoisotopic (exact) mass is 575 g/mol. The van der Waals surface area contributed by atoms with Crippen LogP contribution in [0.25, 0.3) is 10.2 Å². The molecule has 0 spiro atoms. The molecule has 2 aromatic heterocycles. The number of furan rings is 1. The molecule has 0 bridgehead atoms. The second-order valence-corrected chi connectivity index (χ2v) is 13.8. The fraction of sp³-hybridized carbons (Fsp3) is 0.308. The summed E-state index contributed by atoms with van der Waals surface area (Å²) in [5, 5.41) is 0.362. The molecule has 0 unspecified atom stereocenters. The minimum atomic E-state index is -3.68. The lowest BCUT2D eigenvalue weighted by atomic mass is 10.2. The number of amides is 1. The Balaban J connectivity index is 1.69. The Kier molecular flexibility index (Phi) is 8.36. The molecule has 12 heteroatoms. The van der Waals surface area contributed by atoms with Gasteiger partial charge in [0.05, 0.1) is 32.8 Å². The molecule has 2 aromatic carbocycles. The summed E-state index contributed by atoms with van der Waals surface area (Å²) >= 11 is 1.19. The molecular formula is C26H29N3O6S3. The van der Waals surface area contributed by atoms with Gasteiger partial charge in [-0.05, 0) is 67.4 Å². The fourth-order valence-corrected chi connectivity index (χ4v) is 7.30. The number of nitrogens with zero attached hydrogens (tertiary/aromatic N) is 3. The normalized spacial score (nSPS) is 12.3. The summed E-state index contributed by atoms with van der Waals surface area (Å²) in [6.45, 7) is 4.79. The largest absolute Gasteiger partial charge is 0.467 e. The van der Waals surface area contributed by atoms with E-state index in [-0.39, 0.29) is 21.9 Å². The van der Waals surface area contributed by atoms with Gasteiger partial charge < -0.3 is 4.42 Å². The van der Waals surface area contributed by atoms with E-state index < -0.39 is 25.8 Å². The number of hydrogen-bond acceptors (Lipinski definition) is 8. The van der Waals surface area contributed by atoms with Crippen molar-refractivity contribution >= 4 is 52.5 Å². The molecule has 0 atom stereocenters. The highest BCUT2D eigenvalue weighted by molar-refractivity contribution is 7.90. The summed E-state index contributed by atoms with van der Waals surface area (Å²) < 4.78 is 57.8. The quantitative estimate of drug-likeness (QED) is 0.248. The summed E-state index contributed by atoms with van der Waals surface area (Å²) in [6.07, 6.45) is 4.04. The molecule has 202 valence electrons. The van der Waals surface area contributed by atoms with E-state index in [2.05, 4.69) is 4.98 Å². The van der Waals surface area contributed by atoms with Gasteiger partial charge in [0.15, 0.2) is 15.0 Å². The zero-order valence-corrected chi connectivity index (χ0v) is 23.8. The van der Waals surface area contributed by atoms with Crippen molar-refractivity contribution in [2.75, 3.05) is 24.2 Å². The lowest BCUT2D eigenvalue weighted by Gasteiger charge is -2.21. The first-order chi connectivity index (χ1) is 18.0. The highest BCUT2D eigenvalue weighted by atomic mass is 32.2. The van der Waals surface area contributed by atoms with Crippen LogP contribution in [0, 0.1) is 0 Å². The molecule has 2 heterocycles. The van der Waals surface area contributed by atoms with E-state index in [9.17, 15) is 21.6 Å². The molecule has 0 radical (unpaired) electrons. The van der Waals surface area contributed by atoms with E-state index >= 15 is 0 Å². The van der Waals surface area contributed by atoms with Crippen LogP contribution in [0.5, 0.6) is 0 Å². The number of aromatic nitrogens is 1. The Bertz CT molecular complexity index is 1620. The highest BCUT2D eigenvalue weighted by Crippen LogP contribution is 2.32. The fourth-order valence-electron chi connectivity index (χ4n) is 3.95. The van der Waals surface area contributed by atoms with Crippen LogP contribution < -0.4 is 4.90 Å². The topological polar surface area (TPSA) is 118 Å². The van der Waals surface area contributed by atoms with Crippen LogP contribution in [-0.4, -0.2) is 51.4 Å². The van der Waals surface area contributed by atoms with E-state index in [0.29, 0.717) is 47.0 Å². The molecule has 0 saturated heterocycles. The summed E-state index contributed by atoms with van der Waals surface area (Å²) in [5.74, 6) is 0.134. The minimum Gasteiger partial charge on any atom is -0.467 e. The number of sulfone groups is 1. The predicted molar refractivity (Wildman–Crippen MR) is 148 cm³/mol. The van der Waals surface area contributed by atoms with Gasteiger partial charge in [-0.3, -0.25) is 9.69 Å². The third kappa shape index (κ3) is 5.98. The second kappa shape index (κ2) is 11.4. The van der Waals surface area contributed by atoms with Gasteiger partial charge >= 0.3 is 0 Å². The molecular weight excluding hydrogens is 547 g/mol. The molecule has 0 aliphatic carbocycles. The standard InChI is InChI=1S/C26H29N3O6S3/c1-4-14-28(15-5-2)38(33,34)21-10-8-19(9-11-21)25(30)29(18-20-7-6-16-35-20)26-27-23-13-12-22(37(3,31)32)17-24(23)36-26/h6-13,16-17H,4-5,14-15,18H2,1-3H3. The molecule has 9 nitrogen and oxygen atoms in total. The first-order valence-electron chi connectivity index (χ1n) is 12.1. The third-order valence-electron chi connectivity index (χ3n) is 5.83. The van der Waals surface area contributed by atoms with Crippen molar-refractivity contribution in [3.63, 3.8) is 0 Å². The number of carbonyl (C=O) groups is 1. The van der Waals surface area contributed by atoms with Crippen molar-refractivity contribution in [3.8, 4) is 0 Å². The zero-order chi connectivity index (χ0) is 27.5. The van der Waals surface area contributed by atoms with Crippen molar-refractivity contribution in [2.24, 2.45) is 0 Å². The number of thiazole rings is 1. The maximum atomic E-state index is 13.7. The van der Waals surface area contributed by atoms with E-state index in [1.165, 1.54) is 57.1 Å². The van der Waals surface area contributed by atoms with Gasteiger partial charge in [0, 0.05) is 24.9 Å². The smallest absolute Gasteiger partial charge is 0.260 e. The van der Waals surface area contributed by atoms with Crippen molar-refractivity contribution < 1.29 is 26.0 Å². The lowest BCUT2D eigenvalue weighted by Crippen LogP contribution is -2.33. The van der Waals surface area contributed by atoms with Crippen LogP contribution in [0.1, 0.15) is 42.8 Å². The van der Waals surface area contributed by atoms with Gasteiger partial charge in [-0.1, -0.05) is 25.2 Å². The summed E-state index contributed by atoms with van der Waals surface area (Å²) in [5.41, 5.74) is 0.840. The molecule has 0 aliphatic heterocycles. The van der Waals surface area contributed by atoms with E-state index in [1.807, 2.05) is 13.8 Å². The maximum absolute atomic E-state index is 13.7. The number of hydrogen-bond donors (Lipinski definition) is 0. The van der Waals surface area contributed by atoms with Gasteiger partial charge in [-0.25, -0.2) is 21.8 Å². The van der Waals surface area contributed by atoms with Gasteiger partial charge in [0.25, 0.3) is 5.91 Å². The van der Waals surface area contributed by atoms with Crippen LogP contribution in [0.2, 0.25) is 0 Å². The molecule has 0 N–H and O–H groups in total. The average Bonchev–Trinajstić information content (AvgIpc) is 3.55. The second-order valence-electron chi connectivity index (χ2n) is 8.80. The molecule has 4 aromatic rings. The lowest BCUT2D eigenvalue weighted by molar-refractivity contribution is 0.0983. The van der Waals surface area contributed by atoms with Crippen LogP contribution in [0.3, 0.4) is 0 Å². The SMILES string of the molecule is CCCN(CCC)S(=O)(=O)c1ccc(C(=O)N(Cc2ccco2)c2nc3ccc(S(C)(=O)=O)cc3s2)cc1. The molecule has 38 heavy (non-hydrogen) atoms. The molecule has 0 saturated carbocycles. The third-order valence-corrected chi connectivity index (χ3v) is 9.90. The maximum Gasteiger partial charge on any atom is 0.260 e. The Morgan fingerprint density at radius 2 is 1.61 bits per heavy atom. The van der Waals surface area contributed by atoms with E-state index in [0.717, 1.165) is 6.26 Å². The summed E-state index contributed by atoms with van der Waals surface area (Å²) in [6, 6.07) is 14.0. The first-order valence-corrected chi connectivity index (χ1v) is 16.2. The number of anilines is 1. The van der Waals surface area contributed by atoms with Crippen LogP contribution in [0.4, 0.5) is 5.13 Å². The molecule has 1 amide bonds. The van der Waals surface area contributed by atoms with Crippen LogP contribution in [0.15, 0.2) is 75.1 Å². The van der Waals surface area contributed by atoms with Crippen molar-refractivity contribution in [1.29, 1.82) is 0 Å². The van der Waals surface area contributed by atoms with Crippen molar-refractivity contribution in [3.05, 3.63) is 72.2 Å². The Morgan fingerprint density at radius 1 is 0.947 bits per heavy atom. The Hall–Kier alpha value is -3.06. The van der Waals surface area contributed by atoms with Gasteiger partial charge in [0.2, 0.25) is 10.0 Å². The number of rotatable bonds is 11. The highest BCUT2D eigenvalue weighted by Gasteiger charge is 2.26. The summed E-state index contributed by atoms with van der Waals surface area (Å²) in [4.78, 5) is 20.0. The van der Waals surface area contributed by atoms with Crippen LogP contribution >= 0.6 is 11.3 Å². The van der Waals surface area contributed by atoms with Gasteiger partial charge in [-0.2, -0.15) is 4.31 Å². The minimum absolute atomic E-state index is 0.0887. The first kappa shape index (κ1) is 28.0.